The molecule has 0 aliphatic rings. The van der Waals surface area contributed by atoms with Crippen molar-refractivity contribution in [2.45, 2.75) is 20.3 Å². The molecule has 1 rings (SSSR count). The summed E-state index contributed by atoms with van der Waals surface area (Å²) in [6.07, 6.45) is 0.325. The number of amides is 1. The quantitative estimate of drug-likeness (QED) is 0.859. The molecule has 0 saturated heterocycles. The van der Waals surface area contributed by atoms with Gasteiger partial charge >= 0.3 is 6.09 Å². The van der Waals surface area contributed by atoms with Gasteiger partial charge in [-0.2, -0.15) is 0 Å². The predicted octanol–water partition coefficient (Wildman–Crippen LogP) is 2.30. The van der Waals surface area contributed by atoms with Gasteiger partial charge < -0.3 is 19.5 Å². The number of rotatable bonds is 6. The van der Waals surface area contributed by atoms with E-state index in [2.05, 4.69) is 5.32 Å². The number of carbonyl (C=O) groups is 1. The normalized spacial score (nSPS) is 9.89. The van der Waals surface area contributed by atoms with Gasteiger partial charge in [-0.15, -0.1) is 0 Å². The molecule has 5 nitrogen and oxygen atoms in total. The molecule has 106 valence electrons. The molecule has 0 bridgehead atoms. The summed E-state index contributed by atoms with van der Waals surface area (Å²) in [6, 6.07) is 3.86. The second-order valence-corrected chi connectivity index (χ2v) is 4.03. The third kappa shape index (κ3) is 4.35. The number of methoxy groups -OCH3 is 2. The summed E-state index contributed by atoms with van der Waals surface area (Å²) in [4.78, 5) is 11.2. The number of alkyl carbamates (subject to hydrolysis) is 1. The molecule has 0 heterocycles. The van der Waals surface area contributed by atoms with E-state index >= 15 is 0 Å². The lowest BCUT2D eigenvalue weighted by Crippen LogP contribution is -2.26. The first-order chi connectivity index (χ1) is 9.12. The lowest BCUT2D eigenvalue weighted by Gasteiger charge is -2.13. The molecule has 1 N–H and O–H groups in total. The molecule has 0 unspecified atom stereocenters. The highest BCUT2D eigenvalue weighted by Gasteiger charge is 2.09. The first kappa shape index (κ1) is 15.1. The van der Waals surface area contributed by atoms with Crippen molar-refractivity contribution in [3.8, 4) is 11.5 Å². The molecule has 19 heavy (non-hydrogen) atoms. The van der Waals surface area contributed by atoms with Gasteiger partial charge in [-0.1, -0.05) is 0 Å². The zero-order valence-electron chi connectivity index (χ0n) is 11.9. The van der Waals surface area contributed by atoms with E-state index in [1.165, 1.54) is 0 Å². The van der Waals surface area contributed by atoms with Crippen molar-refractivity contribution >= 4 is 6.09 Å². The van der Waals surface area contributed by atoms with Crippen LogP contribution in [-0.2, 0) is 11.2 Å². The highest BCUT2D eigenvalue weighted by Crippen LogP contribution is 2.30. The van der Waals surface area contributed by atoms with Gasteiger partial charge in [0, 0.05) is 6.54 Å². The number of ether oxygens (including phenoxy) is 3. The third-order valence-electron chi connectivity index (χ3n) is 2.78. The van der Waals surface area contributed by atoms with Crippen LogP contribution in [-0.4, -0.2) is 33.5 Å². The fourth-order valence-electron chi connectivity index (χ4n) is 1.77. The number of carbonyl (C=O) groups excluding carboxylic acids is 1. The molecule has 0 fully saturated rings. The second kappa shape index (κ2) is 7.51. The molecule has 0 spiro atoms. The van der Waals surface area contributed by atoms with Crippen LogP contribution in [0.4, 0.5) is 4.79 Å². The Morgan fingerprint density at radius 3 is 2.42 bits per heavy atom. The van der Waals surface area contributed by atoms with Crippen molar-refractivity contribution in [1.82, 2.24) is 5.32 Å². The second-order valence-electron chi connectivity index (χ2n) is 4.03. The summed E-state index contributed by atoms with van der Waals surface area (Å²) in [7, 11) is 3.22. The summed E-state index contributed by atoms with van der Waals surface area (Å²) < 4.78 is 15.3. The van der Waals surface area contributed by atoms with Crippen molar-refractivity contribution in [1.29, 1.82) is 0 Å². The Hall–Kier alpha value is -1.91. The molecule has 0 aliphatic carbocycles. The molecule has 1 aromatic carbocycles. The van der Waals surface area contributed by atoms with Crippen LogP contribution in [0.3, 0.4) is 0 Å². The van der Waals surface area contributed by atoms with E-state index in [0.29, 0.717) is 31.1 Å². The van der Waals surface area contributed by atoms with Crippen LogP contribution in [0.25, 0.3) is 0 Å². The maximum Gasteiger partial charge on any atom is 0.407 e. The number of hydrogen-bond donors (Lipinski definition) is 1. The van der Waals surface area contributed by atoms with E-state index in [1.54, 1.807) is 21.1 Å². The molecule has 0 aromatic heterocycles. The van der Waals surface area contributed by atoms with E-state index in [1.807, 2.05) is 19.1 Å². The van der Waals surface area contributed by atoms with Crippen molar-refractivity contribution in [3.05, 3.63) is 23.3 Å². The Bertz CT molecular complexity index is 432. The van der Waals surface area contributed by atoms with Crippen LogP contribution in [0, 0.1) is 6.92 Å². The van der Waals surface area contributed by atoms with Crippen molar-refractivity contribution in [2.75, 3.05) is 27.4 Å². The smallest absolute Gasteiger partial charge is 0.407 e. The lowest BCUT2D eigenvalue weighted by molar-refractivity contribution is 0.152. The Labute approximate surface area is 113 Å². The number of aryl methyl sites for hydroxylation is 1. The van der Waals surface area contributed by atoms with E-state index in [9.17, 15) is 4.79 Å². The monoisotopic (exact) mass is 267 g/mol. The van der Waals surface area contributed by atoms with Crippen LogP contribution < -0.4 is 14.8 Å². The lowest BCUT2D eigenvalue weighted by atomic mass is 10.0. The van der Waals surface area contributed by atoms with Crippen LogP contribution in [0.15, 0.2) is 12.1 Å². The third-order valence-corrected chi connectivity index (χ3v) is 2.78. The molecule has 0 radical (unpaired) electrons. The van der Waals surface area contributed by atoms with Gasteiger partial charge in [0.15, 0.2) is 11.5 Å². The molecule has 0 aliphatic heterocycles. The number of benzene rings is 1. The van der Waals surface area contributed by atoms with E-state index < -0.39 is 0 Å². The largest absolute Gasteiger partial charge is 0.493 e. The fourth-order valence-corrected chi connectivity index (χ4v) is 1.77. The summed E-state index contributed by atoms with van der Waals surface area (Å²) >= 11 is 0. The minimum absolute atomic E-state index is 0.376. The maximum atomic E-state index is 11.2. The van der Waals surface area contributed by atoms with E-state index in [-0.39, 0.29) is 6.09 Å². The van der Waals surface area contributed by atoms with Crippen molar-refractivity contribution < 1.29 is 19.0 Å². The van der Waals surface area contributed by atoms with Gasteiger partial charge in [-0.05, 0) is 43.5 Å². The molecular formula is C14H21NO4. The van der Waals surface area contributed by atoms with Crippen molar-refractivity contribution in [2.24, 2.45) is 0 Å². The van der Waals surface area contributed by atoms with Crippen LogP contribution >= 0.6 is 0 Å². The first-order valence-electron chi connectivity index (χ1n) is 6.24. The van der Waals surface area contributed by atoms with Crippen LogP contribution in [0.2, 0.25) is 0 Å². The first-order valence-corrected chi connectivity index (χ1v) is 6.24. The average Bonchev–Trinajstić information content (AvgIpc) is 2.40. The van der Waals surface area contributed by atoms with Crippen LogP contribution in [0.1, 0.15) is 18.1 Å². The SMILES string of the molecule is CCOC(=O)NCCc1cc(OC)c(OC)cc1C. The van der Waals surface area contributed by atoms with E-state index in [0.717, 1.165) is 11.1 Å². The topological polar surface area (TPSA) is 56.8 Å². The summed E-state index contributed by atoms with van der Waals surface area (Å²) in [6.45, 7) is 4.68. The summed E-state index contributed by atoms with van der Waals surface area (Å²) in [5.41, 5.74) is 2.21. The zero-order chi connectivity index (χ0) is 14.3. The summed E-state index contributed by atoms with van der Waals surface area (Å²) in [5.74, 6) is 1.40. The van der Waals surface area contributed by atoms with Gasteiger partial charge in [-0.25, -0.2) is 4.79 Å². The minimum atomic E-state index is -0.388. The predicted molar refractivity (Wildman–Crippen MR) is 73.0 cm³/mol. The highest BCUT2D eigenvalue weighted by molar-refractivity contribution is 5.67. The molecular weight excluding hydrogens is 246 g/mol. The van der Waals surface area contributed by atoms with Gasteiger partial charge in [0.05, 0.1) is 20.8 Å². The number of hydrogen-bond acceptors (Lipinski definition) is 4. The fraction of sp³-hybridized carbons (Fsp3) is 0.500. The van der Waals surface area contributed by atoms with Gasteiger partial charge in [-0.3, -0.25) is 0 Å². The van der Waals surface area contributed by atoms with Gasteiger partial charge in [0.2, 0.25) is 0 Å². The minimum Gasteiger partial charge on any atom is -0.493 e. The van der Waals surface area contributed by atoms with E-state index in [4.69, 9.17) is 14.2 Å². The van der Waals surface area contributed by atoms with Gasteiger partial charge in [0.25, 0.3) is 0 Å². The maximum absolute atomic E-state index is 11.2. The standard InChI is InChI=1S/C14H21NO4/c1-5-19-14(16)15-7-6-11-9-13(18-4)12(17-3)8-10(11)2/h8-9H,5-7H2,1-4H3,(H,15,16). The Morgan fingerprint density at radius 2 is 1.84 bits per heavy atom. The van der Waals surface area contributed by atoms with Crippen molar-refractivity contribution in [3.63, 3.8) is 0 Å². The Kier molecular flexibility index (Phi) is 5.99. The number of nitrogens with one attached hydrogen (secondary N) is 1. The molecule has 5 heteroatoms. The van der Waals surface area contributed by atoms with Gasteiger partial charge in [0.1, 0.15) is 0 Å². The summed E-state index contributed by atoms with van der Waals surface area (Å²) in [5, 5.41) is 2.69. The average molecular weight is 267 g/mol. The molecule has 0 saturated carbocycles. The molecule has 1 aromatic rings. The zero-order valence-corrected chi connectivity index (χ0v) is 11.9. The highest BCUT2D eigenvalue weighted by atomic mass is 16.5. The molecule has 1 amide bonds. The molecule has 0 atom stereocenters. The Morgan fingerprint density at radius 1 is 1.21 bits per heavy atom. The van der Waals surface area contributed by atoms with Crippen LogP contribution in [0.5, 0.6) is 11.5 Å². The Balaban J connectivity index is 2.65.